The number of rotatable bonds is 8. The lowest BCUT2D eigenvalue weighted by Gasteiger charge is -2.13. The summed E-state index contributed by atoms with van der Waals surface area (Å²) >= 11 is 0. The number of ether oxygens (including phenoxy) is 2. The number of carboxylic acids is 1. The van der Waals surface area contributed by atoms with Gasteiger partial charge >= 0.3 is 5.97 Å². The number of allylic oxidation sites excluding steroid dienone is 1. The smallest absolute Gasteiger partial charge is 0.335 e. The number of Topliss-reactive ketones (excluding diaryl/α,β-unsaturated/α-hetero) is 1. The number of methoxy groups -OCH3 is 2. The van der Waals surface area contributed by atoms with Crippen LogP contribution in [0.3, 0.4) is 0 Å². The van der Waals surface area contributed by atoms with Crippen molar-refractivity contribution in [1.29, 1.82) is 5.26 Å². The van der Waals surface area contributed by atoms with Crippen LogP contribution in [-0.4, -0.2) is 31.1 Å². The molecule has 0 aromatic heterocycles. The monoisotopic (exact) mass is 379 g/mol. The van der Waals surface area contributed by atoms with E-state index < -0.39 is 5.97 Å². The van der Waals surface area contributed by atoms with E-state index in [1.807, 2.05) is 6.07 Å². The van der Waals surface area contributed by atoms with Gasteiger partial charge in [0.15, 0.2) is 17.3 Å². The molecule has 0 aliphatic rings. The van der Waals surface area contributed by atoms with Crippen LogP contribution in [0.25, 0.3) is 6.08 Å². The van der Waals surface area contributed by atoms with E-state index in [9.17, 15) is 20.0 Å². The molecule has 0 heterocycles. The molecule has 1 atom stereocenters. The van der Waals surface area contributed by atoms with E-state index in [4.69, 9.17) is 9.47 Å². The highest BCUT2D eigenvalue weighted by molar-refractivity contribution is 6.03. The van der Waals surface area contributed by atoms with E-state index in [2.05, 4.69) is 0 Å². The summed E-state index contributed by atoms with van der Waals surface area (Å²) in [5, 5.41) is 18.7. The molecule has 2 aromatic carbocycles. The van der Waals surface area contributed by atoms with Crippen LogP contribution in [0.1, 0.15) is 40.7 Å². The predicted octanol–water partition coefficient (Wildman–Crippen LogP) is 4.07. The van der Waals surface area contributed by atoms with Crippen molar-refractivity contribution >= 4 is 17.8 Å². The lowest BCUT2D eigenvalue weighted by molar-refractivity contribution is -0.115. The molecule has 6 nitrogen and oxygen atoms in total. The topological polar surface area (TPSA) is 96.6 Å². The SMILES string of the molecule is COc1ccc(C=C(C#N)C(=O)CC(C)c2ccccc2C(=O)O)cc1OC. The van der Waals surface area contributed by atoms with Crippen molar-refractivity contribution in [3.05, 3.63) is 64.7 Å². The van der Waals surface area contributed by atoms with Gasteiger partial charge in [0, 0.05) is 6.42 Å². The van der Waals surface area contributed by atoms with Crippen molar-refractivity contribution in [3.8, 4) is 17.6 Å². The van der Waals surface area contributed by atoms with Crippen molar-refractivity contribution < 1.29 is 24.2 Å². The van der Waals surface area contributed by atoms with Crippen LogP contribution in [0, 0.1) is 11.3 Å². The van der Waals surface area contributed by atoms with E-state index in [-0.39, 0.29) is 29.3 Å². The third-order valence-corrected chi connectivity index (χ3v) is 4.35. The zero-order chi connectivity index (χ0) is 20.7. The number of carboxylic acid groups (broad SMARTS) is 1. The van der Waals surface area contributed by atoms with Gasteiger partial charge in [0.1, 0.15) is 6.07 Å². The van der Waals surface area contributed by atoms with Crippen LogP contribution in [0.5, 0.6) is 11.5 Å². The number of nitrogens with zero attached hydrogens (tertiary/aromatic N) is 1. The second-order valence-corrected chi connectivity index (χ2v) is 6.20. The molecule has 0 saturated carbocycles. The number of hydrogen-bond acceptors (Lipinski definition) is 5. The molecule has 28 heavy (non-hydrogen) atoms. The van der Waals surface area contributed by atoms with Gasteiger partial charge in [-0.25, -0.2) is 4.79 Å². The Balaban J connectivity index is 2.26. The Bertz CT molecular complexity index is 956. The highest BCUT2D eigenvalue weighted by Gasteiger charge is 2.20. The van der Waals surface area contributed by atoms with E-state index in [1.54, 1.807) is 43.3 Å². The highest BCUT2D eigenvalue weighted by atomic mass is 16.5. The normalized spacial score (nSPS) is 12.0. The molecule has 0 fully saturated rings. The molecule has 0 spiro atoms. The number of benzene rings is 2. The number of aromatic carboxylic acids is 1. The van der Waals surface area contributed by atoms with Crippen molar-refractivity contribution in [2.24, 2.45) is 0 Å². The molecule has 0 saturated heterocycles. The molecule has 0 aliphatic carbocycles. The summed E-state index contributed by atoms with van der Waals surface area (Å²) in [6.45, 7) is 1.77. The zero-order valence-corrected chi connectivity index (χ0v) is 15.9. The van der Waals surface area contributed by atoms with Gasteiger partial charge in [0.05, 0.1) is 25.4 Å². The van der Waals surface area contributed by atoms with Crippen LogP contribution in [0.2, 0.25) is 0 Å². The Labute approximate surface area is 163 Å². The first-order valence-electron chi connectivity index (χ1n) is 8.60. The standard InChI is InChI=1S/C22H21NO5/c1-14(17-6-4-5-7-18(17)22(25)26)10-19(24)16(13-23)11-15-8-9-20(27-2)21(12-15)28-3/h4-9,11-12,14H,10H2,1-3H3,(H,25,26). The maximum Gasteiger partial charge on any atom is 0.335 e. The van der Waals surface area contributed by atoms with Crippen LogP contribution < -0.4 is 9.47 Å². The highest BCUT2D eigenvalue weighted by Crippen LogP contribution is 2.29. The fourth-order valence-corrected chi connectivity index (χ4v) is 2.90. The summed E-state index contributed by atoms with van der Waals surface area (Å²) in [5.74, 6) is -0.712. The summed E-state index contributed by atoms with van der Waals surface area (Å²) in [6, 6.07) is 13.6. The lowest BCUT2D eigenvalue weighted by Crippen LogP contribution is -2.10. The summed E-state index contributed by atoms with van der Waals surface area (Å²) in [6.07, 6.45) is 1.51. The molecule has 0 amide bonds. The third-order valence-electron chi connectivity index (χ3n) is 4.35. The predicted molar refractivity (Wildman–Crippen MR) is 105 cm³/mol. The van der Waals surface area contributed by atoms with Gasteiger partial charge in [0.2, 0.25) is 0 Å². The Morgan fingerprint density at radius 3 is 2.43 bits per heavy atom. The fraction of sp³-hybridized carbons (Fsp3) is 0.227. The van der Waals surface area contributed by atoms with Crippen molar-refractivity contribution in [3.63, 3.8) is 0 Å². The number of carbonyl (C=O) groups excluding carboxylic acids is 1. The molecule has 144 valence electrons. The van der Waals surface area contributed by atoms with Crippen LogP contribution in [0.15, 0.2) is 48.0 Å². The molecule has 2 rings (SSSR count). The van der Waals surface area contributed by atoms with Crippen molar-refractivity contribution in [1.82, 2.24) is 0 Å². The van der Waals surface area contributed by atoms with Gasteiger partial charge in [-0.3, -0.25) is 4.79 Å². The van der Waals surface area contributed by atoms with Crippen LogP contribution in [0.4, 0.5) is 0 Å². The van der Waals surface area contributed by atoms with Gasteiger partial charge in [-0.2, -0.15) is 5.26 Å². The van der Waals surface area contributed by atoms with Crippen molar-refractivity contribution in [2.75, 3.05) is 14.2 Å². The van der Waals surface area contributed by atoms with E-state index in [0.29, 0.717) is 22.6 Å². The molecule has 1 N–H and O–H groups in total. The lowest BCUT2D eigenvalue weighted by atomic mass is 9.89. The largest absolute Gasteiger partial charge is 0.493 e. The maximum absolute atomic E-state index is 12.6. The maximum atomic E-state index is 12.6. The Morgan fingerprint density at radius 2 is 1.82 bits per heavy atom. The average Bonchev–Trinajstić information content (AvgIpc) is 2.71. The summed E-state index contributed by atoms with van der Waals surface area (Å²) in [7, 11) is 3.03. The van der Waals surface area contributed by atoms with E-state index in [0.717, 1.165) is 0 Å². The average molecular weight is 379 g/mol. The quantitative estimate of drug-likeness (QED) is 0.548. The summed E-state index contributed by atoms with van der Waals surface area (Å²) in [5.41, 5.74) is 1.34. The minimum absolute atomic E-state index is 0.00752. The van der Waals surface area contributed by atoms with Crippen LogP contribution in [-0.2, 0) is 4.79 Å². The second-order valence-electron chi connectivity index (χ2n) is 6.20. The van der Waals surface area contributed by atoms with Gasteiger partial charge in [-0.15, -0.1) is 0 Å². The Morgan fingerprint density at radius 1 is 1.14 bits per heavy atom. The van der Waals surface area contributed by atoms with Gasteiger partial charge in [-0.05, 0) is 41.3 Å². The number of carbonyl (C=O) groups is 2. The zero-order valence-electron chi connectivity index (χ0n) is 15.9. The summed E-state index contributed by atoms with van der Waals surface area (Å²) in [4.78, 5) is 24.0. The third kappa shape index (κ3) is 4.77. The van der Waals surface area contributed by atoms with Gasteiger partial charge in [-0.1, -0.05) is 31.2 Å². The first-order chi connectivity index (χ1) is 13.4. The molecule has 2 aromatic rings. The molecule has 6 heteroatoms. The molecule has 0 radical (unpaired) electrons. The molecule has 0 bridgehead atoms. The van der Waals surface area contributed by atoms with Gasteiger partial charge < -0.3 is 14.6 Å². The minimum atomic E-state index is -1.05. The van der Waals surface area contributed by atoms with E-state index >= 15 is 0 Å². The van der Waals surface area contributed by atoms with Crippen molar-refractivity contribution in [2.45, 2.75) is 19.3 Å². The molecule has 1 unspecified atom stereocenters. The molecule has 0 aliphatic heterocycles. The number of nitriles is 1. The Kier molecular flexibility index (Phi) is 6.94. The minimum Gasteiger partial charge on any atom is -0.493 e. The summed E-state index contributed by atoms with van der Waals surface area (Å²) < 4.78 is 10.4. The molecular formula is C22H21NO5. The number of hydrogen-bond donors (Lipinski definition) is 1. The van der Waals surface area contributed by atoms with Crippen LogP contribution >= 0.6 is 0 Å². The second kappa shape index (κ2) is 9.38. The fourth-order valence-electron chi connectivity index (χ4n) is 2.90. The van der Waals surface area contributed by atoms with E-state index in [1.165, 1.54) is 26.4 Å². The first kappa shape index (κ1) is 20.7. The molecular weight excluding hydrogens is 358 g/mol. The number of ketones is 1. The first-order valence-corrected chi connectivity index (χ1v) is 8.60. The Hall–Kier alpha value is -3.59. The van der Waals surface area contributed by atoms with Gasteiger partial charge in [0.25, 0.3) is 0 Å².